The topological polar surface area (TPSA) is 73.9 Å². The van der Waals surface area contributed by atoms with E-state index in [1.807, 2.05) is 0 Å². The summed E-state index contributed by atoms with van der Waals surface area (Å²) in [6.45, 7) is 0.325. The first kappa shape index (κ1) is 10.1. The Morgan fingerprint density at radius 2 is 2.27 bits per heavy atom. The lowest BCUT2D eigenvalue weighted by molar-refractivity contribution is 0.297. The van der Waals surface area contributed by atoms with Crippen LogP contribution in [-0.4, -0.2) is 15.2 Å². The molecule has 0 aliphatic heterocycles. The number of aromatic nitrogens is 3. The quantitative estimate of drug-likeness (QED) is 0.888. The highest BCUT2D eigenvalue weighted by Gasteiger charge is 2.02. The zero-order valence-corrected chi connectivity index (χ0v) is 9.13. The van der Waals surface area contributed by atoms with Crippen molar-refractivity contribution in [1.82, 2.24) is 15.2 Å². The van der Waals surface area contributed by atoms with Crippen LogP contribution >= 0.6 is 22.9 Å². The molecule has 0 saturated carbocycles. The summed E-state index contributed by atoms with van der Waals surface area (Å²) in [4.78, 5) is 4.07. The lowest BCUT2D eigenvalue weighted by atomic mass is 10.4. The Hall–Kier alpha value is -1.40. The molecule has 0 amide bonds. The summed E-state index contributed by atoms with van der Waals surface area (Å²) in [6.07, 6.45) is 1.56. The molecule has 2 aromatic rings. The average Bonchev–Trinajstić information content (AvgIpc) is 2.64. The van der Waals surface area contributed by atoms with Crippen LogP contribution in [0.5, 0.6) is 5.19 Å². The van der Waals surface area contributed by atoms with E-state index in [1.165, 1.54) is 11.3 Å². The molecular formula is C8H7ClN4OS. The van der Waals surface area contributed by atoms with Crippen LogP contribution in [0, 0.1) is 0 Å². The molecule has 0 aliphatic rings. The molecule has 2 N–H and O–H groups in total. The number of ether oxygens (including phenoxy) is 1. The predicted molar refractivity (Wildman–Crippen MR) is 57.9 cm³/mol. The van der Waals surface area contributed by atoms with Crippen molar-refractivity contribution in [1.29, 1.82) is 0 Å². The second-order valence-electron chi connectivity index (χ2n) is 2.66. The Kier molecular flexibility index (Phi) is 2.98. The third kappa shape index (κ3) is 2.77. The van der Waals surface area contributed by atoms with Crippen LogP contribution in [0.1, 0.15) is 5.69 Å². The maximum absolute atomic E-state index is 5.69. The number of hydrogen-bond donors (Lipinski definition) is 1. The average molecular weight is 243 g/mol. The molecule has 78 valence electrons. The summed E-state index contributed by atoms with van der Waals surface area (Å²) in [5, 5.41) is 8.75. The maximum Gasteiger partial charge on any atom is 0.296 e. The number of nitrogens with zero attached hydrogens (tertiary/aromatic N) is 3. The highest BCUT2D eigenvalue weighted by Crippen LogP contribution is 2.20. The summed E-state index contributed by atoms with van der Waals surface area (Å²) in [5.41, 5.74) is 6.17. The van der Waals surface area contributed by atoms with Crippen LogP contribution in [0.15, 0.2) is 18.3 Å². The molecule has 2 aromatic heterocycles. The molecule has 0 unspecified atom stereocenters. The summed E-state index contributed by atoms with van der Waals surface area (Å²) in [7, 11) is 0. The van der Waals surface area contributed by atoms with Crippen molar-refractivity contribution < 1.29 is 4.74 Å². The Morgan fingerprint density at radius 1 is 1.40 bits per heavy atom. The molecule has 0 aromatic carbocycles. The molecule has 0 spiro atoms. The maximum atomic E-state index is 5.69. The van der Waals surface area contributed by atoms with Crippen molar-refractivity contribution in [3.05, 3.63) is 29.0 Å². The third-order valence-electron chi connectivity index (χ3n) is 1.55. The smallest absolute Gasteiger partial charge is 0.296 e. The van der Waals surface area contributed by atoms with Crippen LogP contribution in [0.4, 0.5) is 5.13 Å². The SMILES string of the molecule is Nc1nnc(OCc2ccc(Cl)cn2)s1. The molecule has 5 nitrogen and oxygen atoms in total. The Labute approximate surface area is 94.9 Å². The van der Waals surface area contributed by atoms with Gasteiger partial charge in [-0.15, -0.1) is 5.10 Å². The van der Waals surface area contributed by atoms with Crippen LogP contribution in [0.3, 0.4) is 0 Å². The molecule has 2 heterocycles. The van der Waals surface area contributed by atoms with Gasteiger partial charge in [0.2, 0.25) is 5.13 Å². The van der Waals surface area contributed by atoms with E-state index in [0.717, 1.165) is 5.69 Å². The van der Waals surface area contributed by atoms with E-state index in [4.69, 9.17) is 22.1 Å². The van der Waals surface area contributed by atoms with Crippen LogP contribution < -0.4 is 10.5 Å². The van der Waals surface area contributed by atoms with Gasteiger partial charge in [0.15, 0.2) is 0 Å². The van der Waals surface area contributed by atoms with Crippen molar-refractivity contribution in [3.63, 3.8) is 0 Å². The van der Waals surface area contributed by atoms with Crippen molar-refractivity contribution in [2.24, 2.45) is 0 Å². The Morgan fingerprint density at radius 3 is 2.87 bits per heavy atom. The standard InChI is InChI=1S/C8H7ClN4OS/c9-5-1-2-6(11-3-5)4-14-8-13-12-7(10)15-8/h1-3H,4H2,(H2,10,12). The number of halogens is 1. The predicted octanol–water partition coefficient (Wildman–Crippen LogP) is 1.75. The summed E-state index contributed by atoms with van der Waals surface area (Å²) in [6, 6.07) is 3.54. The van der Waals surface area contributed by atoms with Gasteiger partial charge in [-0.1, -0.05) is 16.7 Å². The summed E-state index contributed by atoms with van der Waals surface area (Å²) in [5.74, 6) is 0. The van der Waals surface area contributed by atoms with Crippen molar-refractivity contribution in [2.75, 3.05) is 5.73 Å². The van der Waals surface area contributed by atoms with E-state index in [2.05, 4.69) is 15.2 Å². The number of nitrogen functional groups attached to an aromatic ring is 1. The first-order valence-electron chi connectivity index (χ1n) is 4.06. The van der Waals surface area contributed by atoms with E-state index in [1.54, 1.807) is 18.3 Å². The van der Waals surface area contributed by atoms with Gasteiger partial charge in [0.05, 0.1) is 10.7 Å². The first-order valence-corrected chi connectivity index (χ1v) is 5.26. The molecule has 7 heteroatoms. The van der Waals surface area contributed by atoms with Crippen molar-refractivity contribution in [2.45, 2.75) is 6.61 Å². The lowest BCUT2D eigenvalue weighted by Crippen LogP contribution is -1.97. The zero-order chi connectivity index (χ0) is 10.7. The van der Waals surface area contributed by atoms with Crippen LogP contribution in [0.25, 0.3) is 0 Å². The van der Waals surface area contributed by atoms with Gasteiger partial charge in [0.1, 0.15) is 6.61 Å². The largest absolute Gasteiger partial charge is 0.462 e. The van der Waals surface area contributed by atoms with E-state index in [0.29, 0.717) is 22.0 Å². The van der Waals surface area contributed by atoms with Crippen molar-refractivity contribution >= 4 is 28.1 Å². The minimum Gasteiger partial charge on any atom is -0.462 e. The van der Waals surface area contributed by atoms with Gasteiger partial charge in [-0.2, -0.15) is 0 Å². The van der Waals surface area contributed by atoms with Gasteiger partial charge in [0, 0.05) is 6.20 Å². The molecular weight excluding hydrogens is 236 g/mol. The van der Waals surface area contributed by atoms with Crippen molar-refractivity contribution in [3.8, 4) is 5.19 Å². The minimum atomic E-state index is 0.325. The zero-order valence-electron chi connectivity index (χ0n) is 7.55. The van der Waals surface area contributed by atoms with Crippen LogP contribution in [0.2, 0.25) is 5.02 Å². The number of anilines is 1. The number of nitrogens with two attached hydrogens (primary N) is 1. The monoisotopic (exact) mass is 242 g/mol. The van der Waals surface area contributed by atoms with E-state index >= 15 is 0 Å². The first-order chi connectivity index (χ1) is 7.24. The highest BCUT2D eigenvalue weighted by atomic mass is 35.5. The molecule has 0 fully saturated rings. The highest BCUT2D eigenvalue weighted by molar-refractivity contribution is 7.16. The number of pyridine rings is 1. The van der Waals surface area contributed by atoms with Gasteiger partial charge < -0.3 is 10.5 Å². The normalized spacial score (nSPS) is 10.2. The molecule has 0 radical (unpaired) electrons. The molecule has 15 heavy (non-hydrogen) atoms. The Balaban J connectivity index is 1.96. The molecule has 0 atom stereocenters. The Bertz CT molecular complexity index is 444. The molecule has 0 bridgehead atoms. The fraction of sp³-hybridized carbons (Fsp3) is 0.125. The minimum absolute atomic E-state index is 0.325. The summed E-state index contributed by atoms with van der Waals surface area (Å²) < 4.78 is 5.31. The molecule has 0 saturated heterocycles. The molecule has 2 rings (SSSR count). The number of hydrogen-bond acceptors (Lipinski definition) is 6. The van der Waals surface area contributed by atoms with E-state index in [9.17, 15) is 0 Å². The van der Waals surface area contributed by atoms with Crippen LogP contribution in [-0.2, 0) is 6.61 Å². The second kappa shape index (κ2) is 4.41. The molecule has 0 aliphatic carbocycles. The number of rotatable bonds is 3. The van der Waals surface area contributed by atoms with Gasteiger partial charge in [-0.05, 0) is 23.5 Å². The lowest BCUT2D eigenvalue weighted by Gasteiger charge is -2.00. The fourth-order valence-corrected chi connectivity index (χ4v) is 1.48. The van der Waals surface area contributed by atoms with Gasteiger partial charge in [-0.25, -0.2) is 0 Å². The fourth-order valence-electron chi connectivity index (χ4n) is 0.906. The van der Waals surface area contributed by atoms with Gasteiger partial charge in [0.25, 0.3) is 5.19 Å². The second-order valence-corrected chi connectivity index (χ2v) is 4.07. The van der Waals surface area contributed by atoms with E-state index < -0.39 is 0 Å². The van der Waals surface area contributed by atoms with Gasteiger partial charge in [-0.3, -0.25) is 4.98 Å². The van der Waals surface area contributed by atoms with E-state index in [-0.39, 0.29) is 0 Å². The summed E-state index contributed by atoms with van der Waals surface area (Å²) >= 11 is 6.88. The third-order valence-corrected chi connectivity index (χ3v) is 2.44. The van der Waals surface area contributed by atoms with Gasteiger partial charge >= 0.3 is 0 Å².